The lowest BCUT2D eigenvalue weighted by Gasteiger charge is -2.40. The Morgan fingerprint density at radius 3 is 2.39 bits per heavy atom. The number of anilines is 3. The summed E-state index contributed by atoms with van der Waals surface area (Å²) in [4.78, 5) is 40.3. The van der Waals surface area contributed by atoms with E-state index in [1.807, 2.05) is 48.6 Å². The van der Waals surface area contributed by atoms with Crippen molar-refractivity contribution in [3.05, 3.63) is 68.9 Å². The molecule has 13 nitrogen and oxygen atoms in total. The highest BCUT2D eigenvalue weighted by Crippen LogP contribution is 2.42. The summed E-state index contributed by atoms with van der Waals surface area (Å²) in [5.74, 6) is 0.727. The number of pyridine rings is 1. The molecule has 1 spiro atoms. The molecule has 1 aromatic carbocycles. The highest BCUT2D eigenvalue weighted by atomic mass is 35.5. The molecule has 0 bridgehead atoms. The summed E-state index contributed by atoms with van der Waals surface area (Å²) in [7, 11) is -0.129. The van der Waals surface area contributed by atoms with Gasteiger partial charge in [-0.2, -0.15) is 5.10 Å². The highest BCUT2D eigenvalue weighted by Gasteiger charge is 2.41. The Hall–Kier alpha value is -4.17. The molecule has 5 heterocycles. The fraction of sp³-hybridized carbons (Fsp3) is 0.452. The zero-order valence-corrected chi connectivity index (χ0v) is 28.1. The standard InChI is InChI=1S/C31H38ClN9O4S/c1-19-16-21(20(2)33-23-6-7-24(32)34-27(23)28(42)37-46(5,44)45)26-22(17-19)29(43)39(4)30(35-26)40-13-9-31(10-14-40)11-15-41(18-31)25-8-12-38(3)36-25/h6-8,12,16-17,20,33H,9-11,13-15,18H2,1-5H3,(H,37,42)/t20-/m1/s1. The van der Waals surface area contributed by atoms with Crippen molar-refractivity contribution in [3.63, 3.8) is 0 Å². The Balaban J connectivity index is 1.28. The van der Waals surface area contributed by atoms with E-state index in [1.54, 1.807) is 17.7 Å². The number of amides is 1. The lowest BCUT2D eigenvalue weighted by molar-refractivity contribution is 0.0977. The van der Waals surface area contributed by atoms with E-state index in [9.17, 15) is 18.0 Å². The van der Waals surface area contributed by atoms with Crippen molar-refractivity contribution in [1.82, 2.24) is 29.0 Å². The number of sulfonamides is 1. The maximum absolute atomic E-state index is 13.8. The van der Waals surface area contributed by atoms with E-state index >= 15 is 0 Å². The molecule has 2 fully saturated rings. The molecular formula is C31H38ClN9O4S. The van der Waals surface area contributed by atoms with Crippen LogP contribution in [0.25, 0.3) is 10.9 Å². The van der Waals surface area contributed by atoms with E-state index in [0.717, 1.165) is 68.6 Å². The fourth-order valence-electron chi connectivity index (χ4n) is 6.70. The van der Waals surface area contributed by atoms with Crippen LogP contribution in [0.3, 0.4) is 0 Å². The molecule has 244 valence electrons. The van der Waals surface area contributed by atoms with Gasteiger partial charge in [0.05, 0.1) is 28.9 Å². The van der Waals surface area contributed by atoms with Crippen LogP contribution in [0.15, 0.2) is 41.3 Å². The van der Waals surface area contributed by atoms with E-state index in [2.05, 4.69) is 31.3 Å². The number of nitrogens with zero attached hydrogens (tertiary/aromatic N) is 7. The summed E-state index contributed by atoms with van der Waals surface area (Å²) in [6, 6.07) is 8.51. The van der Waals surface area contributed by atoms with Crippen molar-refractivity contribution in [2.75, 3.05) is 47.6 Å². The third kappa shape index (κ3) is 6.27. The van der Waals surface area contributed by atoms with Crippen LogP contribution in [-0.2, 0) is 24.1 Å². The summed E-state index contributed by atoms with van der Waals surface area (Å²) < 4.78 is 28.9. The van der Waals surface area contributed by atoms with Gasteiger partial charge in [-0.25, -0.2) is 23.1 Å². The van der Waals surface area contributed by atoms with Gasteiger partial charge in [-0.15, -0.1) is 0 Å². The second kappa shape index (κ2) is 11.9. The monoisotopic (exact) mass is 667 g/mol. The quantitative estimate of drug-likeness (QED) is 0.281. The van der Waals surface area contributed by atoms with Crippen molar-refractivity contribution >= 4 is 55.9 Å². The zero-order valence-electron chi connectivity index (χ0n) is 26.5. The normalized spacial score (nSPS) is 17.1. The number of piperidine rings is 1. The van der Waals surface area contributed by atoms with Crippen molar-refractivity contribution in [2.24, 2.45) is 19.5 Å². The number of nitrogens with one attached hydrogen (secondary N) is 2. The SMILES string of the molecule is Cc1cc([C@@H](C)Nc2ccc(Cl)nc2C(=O)NS(C)(=O)=O)c2nc(N3CCC4(CCN(c5ccn(C)n5)C4)CC3)n(C)c(=O)c2c1. The smallest absolute Gasteiger partial charge is 0.285 e. The molecule has 0 unspecified atom stereocenters. The molecule has 1 atom stereocenters. The molecule has 0 aliphatic carbocycles. The first-order valence-electron chi connectivity index (χ1n) is 15.2. The molecule has 2 N–H and O–H groups in total. The minimum absolute atomic E-state index is 0.0398. The number of hydrogen-bond acceptors (Lipinski definition) is 10. The summed E-state index contributed by atoms with van der Waals surface area (Å²) in [5.41, 5.74) is 2.39. The number of hydrogen-bond donors (Lipinski definition) is 2. The molecule has 46 heavy (non-hydrogen) atoms. The predicted molar refractivity (Wildman–Crippen MR) is 179 cm³/mol. The molecule has 0 saturated carbocycles. The van der Waals surface area contributed by atoms with Gasteiger partial charge < -0.3 is 15.1 Å². The number of aryl methyl sites for hydroxylation is 2. The maximum Gasteiger partial charge on any atom is 0.285 e. The summed E-state index contributed by atoms with van der Waals surface area (Å²) in [6.07, 6.45) is 5.95. The number of benzene rings is 1. The number of carbonyl (C=O) groups excluding carboxylic acids is 1. The molecule has 0 radical (unpaired) electrons. The highest BCUT2D eigenvalue weighted by molar-refractivity contribution is 7.89. The van der Waals surface area contributed by atoms with E-state index in [0.29, 0.717) is 16.9 Å². The average molecular weight is 668 g/mol. The second-order valence-corrected chi connectivity index (χ2v) is 14.8. The first-order chi connectivity index (χ1) is 21.7. The minimum atomic E-state index is -3.83. The third-order valence-electron chi connectivity index (χ3n) is 9.09. The van der Waals surface area contributed by atoms with Gasteiger partial charge in [-0.1, -0.05) is 17.7 Å². The van der Waals surface area contributed by atoms with E-state index in [-0.39, 0.29) is 27.5 Å². The molecular weight excluding hydrogens is 630 g/mol. The summed E-state index contributed by atoms with van der Waals surface area (Å²) in [6.45, 7) is 7.32. The fourth-order valence-corrected chi connectivity index (χ4v) is 7.28. The van der Waals surface area contributed by atoms with Crippen molar-refractivity contribution in [3.8, 4) is 0 Å². The molecule has 6 rings (SSSR count). The molecule has 3 aromatic heterocycles. The van der Waals surface area contributed by atoms with Crippen LogP contribution in [0.5, 0.6) is 0 Å². The molecule has 4 aromatic rings. The molecule has 1 amide bonds. The van der Waals surface area contributed by atoms with Crippen molar-refractivity contribution in [1.29, 1.82) is 0 Å². The molecule has 2 aliphatic heterocycles. The first-order valence-corrected chi connectivity index (χ1v) is 17.4. The lowest BCUT2D eigenvalue weighted by atomic mass is 9.78. The maximum atomic E-state index is 13.8. The minimum Gasteiger partial charge on any atom is -0.377 e. The number of halogens is 1. The molecule has 15 heteroatoms. The summed E-state index contributed by atoms with van der Waals surface area (Å²) in [5, 5.41) is 8.40. The van der Waals surface area contributed by atoms with Crippen molar-refractivity contribution in [2.45, 2.75) is 39.2 Å². The van der Waals surface area contributed by atoms with Gasteiger partial charge in [0.15, 0.2) is 11.5 Å². The van der Waals surface area contributed by atoms with E-state index in [4.69, 9.17) is 16.6 Å². The van der Waals surface area contributed by atoms with Gasteiger partial charge in [0.25, 0.3) is 11.5 Å². The van der Waals surface area contributed by atoms with Crippen LogP contribution in [0, 0.1) is 12.3 Å². The lowest BCUT2D eigenvalue weighted by Crippen LogP contribution is -2.44. The van der Waals surface area contributed by atoms with Crippen LogP contribution in [0.2, 0.25) is 5.15 Å². The van der Waals surface area contributed by atoms with Gasteiger partial charge >= 0.3 is 0 Å². The van der Waals surface area contributed by atoms with Crippen LogP contribution in [0.1, 0.15) is 53.8 Å². The Morgan fingerprint density at radius 2 is 1.74 bits per heavy atom. The molecule has 2 saturated heterocycles. The van der Waals surface area contributed by atoms with Gasteiger partial charge in [0.1, 0.15) is 5.15 Å². The Kier molecular flexibility index (Phi) is 8.21. The zero-order chi connectivity index (χ0) is 33.0. The summed E-state index contributed by atoms with van der Waals surface area (Å²) >= 11 is 6.06. The third-order valence-corrected chi connectivity index (χ3v) is 9.86. The van der Waals surface area contributed by atoms with Gasteiger partial charge in [0, 0.05) is 58.1 Å². The van der Waals surface area contributed by atoms with E-state index in [1.165, 1.54) is 6.07 Å². The van der Waals surface area contributed by atoms with E-state index < -0.39 is 22.0 Å². The van der Waals surface area contributed by atoms with Crippen LogP contribution < -0.4 is 25.4 Å². The first kappa shape index (κ1) is 31.8. The Morgan fingerprint density at radius 1 is 1.04 bits per heavy atom. The predicted octanol–water partition coefficient (Wildman–Crippen LogP) is 3.38. The number of rotatable bonds is 7. The average Bonchev–Trinajstić information content (AvgIpc) is 3.61. The number of fused-ring (bicyclic) bond motifs is 1. The van der Waals surface area contributed by atoms with Gasteiger partial charge in [-0.3, -0.25) is 18.8 Å². The second-order valence-electron chi connectivity index (χ2n) is 12.6. The van der Waals surface area contributed by atoms with Gasteiger partial charge in [-0.05, 0) is 62.3 Å². The van der Waals surface area contributed by atoms with Crippen molar-refractivity contribution < 1.29 is 13.2 Å². The van der Waals surface area contributed by atoms with Crippen LogP contribution in [0.4, 0.5) is 17.5 Å². The van der Waals surface area contributed by atoms with Crippen LogP contribution >= 0.6 is 11.6 Å². The Bertz CT molecular complexity index is 2000. The number of carbonyl (C=O) groups is 1. The molecule has 2 aliphatic rings. The topological polar surface area (TPSA) is 147 Å². The Labute approximate surface area is 272 Å². The largest absolute Gasteiger partial charge is 0.377 e. The van der Waals surface area contributed by atoms with Crippen LogP contribution in [-0.4, -0.2) is 71.1 Å². The van der Waals surface area contributed by atoms with Gasteiger partial charge in [0.2, 0.25) is 16.0 Å². The number of aromatic nitrogens is 5.